The number of hydrogen-bond acceptors (Lipinski definition) is 2. The number of likely N-dealkylation sites (tertiary alicyclic amines) is 1. The van der Waals surface area contributed by atoms with Crippen LogP contribution in [0, 0.1) is 12.8 Å². The monoisotopic (exact) mass is 343 g/mol. The molecule has 4 heteroatoms. The van der Waals surface area contributed by atoms with Crippen LogP contribution in [0.3, 0.4) is 0 Å². The van der Waals surface area contributed by atoms with Crippen molar-refractivity contribution >= 4 is 11.9 Å². The maximum atomic E-state index is 13.6. The van der Waals surface area contributed by atoms with Gasteiger partial charge in [0.15, 0.2) is 0 Å². The summed E-state index contributed by atoms with van der Waals surface area (Å²) in [7, 11) is 0. The summed E-state index contributed by atoms with van der Waals surface area (Å²) in [6.07, 6.45) is 7.14. The molecule has 4 nitrogen and oxygen atoms in total. The van der Waals surface area contributed by atoms with Crippen LogP contribution in [0.25, 0.3) is 0 Å². The third-order valence-electron chi connectivity index (χ3n) is 6.14. The lowest BCUT2D eigenvalue weighted by atomic mass is 9.67. The normalized spacial score (nSPS) is 21.1. The van der Waals surface area contributed by atoms with E-state index >= 15 is 0 Å². The topological polar surface area (TPSA) is 57.6 Å². The minimum absolute atomic E-state index is 0.210. The number of carbonyl (C=O) groups is 2. The number of benzene rings is 1. The summed E-state index contributed by atoms with van der Waals surface area (Å²) in [6.45, 7) is 3.51. The van der Waals surface area contributed by atoms with Gasteiger partial charge in [0.25, 0.3) is 0 Å². The van der Waals surface area contributed by atoms with Gasteiger partial charge in [0, 0.05) is 19.5 Å². The lowest BCUT2D eigenvalue weighted by Gasteiger charge is -2.43. The van der Waals surface area contributed by atoms with Crippen LogP contribution in [0.5, 0.6) is 0 Å². The summed E-state index contributed by atoms with van der Waals surface area (Å²) in [5.74, 6) is -0.244. The first-order valence-electron chi connectivity index (χ1n) is 9.60. The van der Waals surface area contributed by atoms with Crippen molar-refractivity contribution in [2.24, 2.45) is 5.92 Å². The first-order chi connectivity index (χ1) is 12.0. The quantitative estimate of drug-likeness (QED) is 0.902. The van der Waals surface area contributed by atoms with Crippen LogP contribution in [0.4, 0.5) is 0 Å². The number of carboxylic acids is 1. The highest BCUT2D eigenvalue weighted by Gasteiger charge is 2.44. The molecule has 25 heavy (non-hydrogen) atoms. The van der Waals surface area contributed by atoms with Crippen molar-refractivity contribution in [3.63, 3.8) is 0 Å². The van der Waals surface area contributed by atoms with E-state index in [0.29, 0.717) is 13.1 Å². The molecular weight excluding hydrogens is 314 g/mol. The van der Waals surface area contributed by atoms with E-state index in [9.17, 15) is 9.59 Å². The Bertz CT molecular complexity index is 626. The van der Waals surface area contributed by atoms with Crippen molar-refractivity contribution in [1.29, 1.82) is 0 Å². The van der Waals surface area contributed by atoms with E-state index in [4.69, 9.17) is 5.11 Å². The molecule has 1 aromatic carbocycles. The number of aryl methyl sites for hydroxylation is 1. The highest BCUT2D eigenvalue weighted by atomic mass is 16.4. The van der Waals surface area contributed by atoms with Crippen molar-refractivity contribution in [2.45, 2.75) is 63.7 Å². The molecule has 0 spiro atoms. The van der Waals surface area contributed by atoms with Gasteiger partial charge in [0.1, 0.15) is 0 Å². The molecule has 1 aliphatic heterocycles. The Morgan fingerprint density at radius 3 is 2.36 bits per heavy atom. The molecule has 1 N–H and O–H groups in total. The van der Waals surface area contributed by atoms with E-state index in [-0.39, 0.29) is 23.7 Å². The Hall–Kier alpha value is -1.84. The van der Waals surface area contributed by atoms with Gasteiger partial charge >= 0.3 is 5.97 Å². The fraction of sp³-hybridized carbons (Fsp3) is 0.619. The van der Waals surface area contributed by atoms with Crippen LogP contribution in [-0.4, -0.2) is 35.0 Å². The summed E-state index contributed by atoms with van der Waals surface area (Å²) in [5.41, 5.74) is 2.04. The molecule has 2 aliphatic rings. The Morgan fingerprint density at radius 1 is 1.12 bits per heavy atom. The number of amides is 1. The summed E-state index contributed by atoms with van der Waals surface area (Å²) < 4.78 is 0. The lowest BCUT2D eigenvalue weighted by molar-refractivity contribution is -0.141. The van der Waals surface area contributed by atoms with Gasteiger partial charge in [0.2, 0.25) is 5.91 Å². The van der Waals surface area contributed by atoms with Crippen molar-refractivity contribution in [1.82, 2.24) is 4.90 Å². The third kappa shape index (κ3) is 3.73. The van der Waals surface area contributed by atoms with Crippen molar-refractivity contribution in [2.75, 3.05) is 13.1 Å². The smallest absolute Gasteiger partial charge is 0.303 e. The molecule has 3 rings (SSSR count). The largest absolute Gasteiger partial charge is 0.481 e. The van der Waals surface area contributed by atoms with E-state index < -0.39 is 5.97 Å². The average molecular weight is 343 g/mol. The standard InChI is InChI=1S/C21H29NO3/c1-16-7-3-4-8-18(16)21(11-5-2-6-12-21)20(25)22-13-9-17(10-14-22)15-19(23)24/h3-4,7-8,17H,2,5-6,9-15H2,1H3,(H,23,24). The van der Waals surface area contributed by atoms with Gasteiger partial charge in [-0.3, -0.25) is 9.59 Å². The van der Waals surface area contributed by atoms with Crippen molar-refractivity contribution in [3.8, 4) is 0 Å². The van der Waals surface area contributed by atoms with Gasteiger partial charge in [-0.2, -0.15) is 0 Å². The second-order valence-corrected chi connectivity index (χ2v) is 7.79. The Labute approximate surface area is 150 Å². The van der Waals surface area contributed by atoms with Gasteiger partial charge in [-0.15, -0.1) is 0 Å². The summed E-state index contributed by atoms with van der Waals surface area (Å²) in [6, 6.07) is 8.33. The molecule has 1 saturated carbocycles. The minimum atomic E-state index is -0.728. The summed E-state index contributed by atoms with van der Waals surface area (Å²) in [5, 5.41) is 8.98. The average Bonchev–Trinajstić information content (AvgIpc) is 2.62. The molecule has 1 saturated heterocycles. The molecule has 1 aromatic rings. The highest BCUT2D eigenvalue weighted by Crippen LogP contribution is 2.43. The van der Waals surface area contributed by atoms with Gasteiger partial charge < -0.3 is 10.0 Å². The molecule has 136 valence electrons. The molecule has 0 aromatic heterocycles. The number of piperidine rings is 1. The molecule has 2 fully saturated rings. The number of carboxylic acid groups (broad SMARTS) is 1. The number of nitrogens with zero attached hydrogens (tertiary/aromatic N) is 1. The number of rotatable bonds is 4. The molecular formula is C21H29NO3. The first-order valence-corrected chi connectivity index (χ1v) is 9.60. The predicted molar refractivity (Wildman–Crippen MR) is 97.5 cm³/mol. The fourth-order valence-corrected chi connectivity index (χ4v) is 4.75. The lowest BCUT2D eigenvalue weighted by Crippen LogP contribution is -2.51. The molecule has 1 heterocycles. The van der Waals surface area contributed by atoms with Gasteiger partial charge in [-0.05, 0) is 49.7 Å². The SMILES string of the molecule is Cc1ccccc1C1(C(=O)N2CCC(CC(=O)O)CC2)CCCCC1. The molecule has 0 unspecified atom stereocenters. The number of aliphatic carboxylic acids is 1. The number of hydrogen-bond donors (Lipinski definition) is 1. The first kappa shape index (κ1) is 18.0. The zero-order chi connectivity index (χ0) is 17.9. The predicted octanol–water partition coefficient (Wildman–Crippen LogP) is 3.91. The molecule has 0 radical (unpaired) electrons. The Balaban J connectivity index is 1.80. The van der Waals surface area contributed by atoms with Crippen LogP contribution in [0.2, 0.25) is 0 Å². The Kier molecular flexibility index (Phi) is 5.45. The Morgan fingerprint density at radius 2 is 1.76 bits per heavy atom. The van der Waals surface area contributed by atoms with E-state index in [2.05, 4.69) is 19.1 Å². The van der Waals surface area contributed by atoms with E-state index in [0.717, 1.165) is 38.5 Å². The zero-order valence-electron chi connectivity index (χ0n) is 15.2. The van der Waals surface area contributed by atoms with Crippen LogP contribution >= 0.6 is 0 Å². The van der Waals surface area contributed by atoms with E-state index in [1.54, 1.807) is 0 Å². The van der Waals surface area contributed by atoms with Crippen molar-refractivity contribution in [3.05, 3.63) is 35.4 Å². The second-order valence-electron chi connectivity index (χ2n) is 7.79. The van der Waals surface area contributed by atoms with Crippen LogP contribution in [0.15, 0.2) is 24.3 Å². The van der Waals surface area contributed by atoms with Crippen LogP contribution < -0.4 is 0 Å². The van der Waals surface area contributed by atoms with Gasteiger partial charge in [-0.25, -0.2) is 0 Å². The summed E-state index contributed by atoms with van der Waals surface area (Å²) in [4.78, 5) is 26.5. The molecule has 1 amide bonds. The zero-order valence-corrected chi connectivity index (χ0v) is 15.2. The highest BCUT2D eigenvalue weighted by molar-refractivity contribution is 5.89. The maximum absolute atomic E-state index is 13.6. The summed E-state index contributed by atoms with van der Waals surface area (Å²) >= 11 is 0. The second kappa shape index (κ2) is 7.59. The van der Waals surface area contributed by atoms with E-state index in [1.165, 1.54) is 17.5 Å². The van der Waals surface area contributed by atoms with Crippen LogP contribution in [0.1, 0.15) is 62.5 Å². The fourth-order valence-electron chi connectivity index (χ4n) is 4.75. The van der Waals surface area contributed by atoms with Crippen molar-refractivity contribution < 1.29 is 14.7 Å². The van der Waals surface area contributed by atoms with Gasteiger partial charge in [-0.1, -0.05) is 43.5 Å². The van der Waals surface area contributed by atoms with Crippen LogP contribution in [-0.2, 0) is 15.0 Å². The minimum Gasteiger partial charge on any atom is -0.481 e. The number of carbonyl (C=O) groups excluding carboxylic acids is 1. The van der Waals surface area contributed by atoms with E-state index in [1.807, 2.05) is 17.0 Å². The molecule has 0 bridgehead atoms. The van der Waals surface area contributed by atoms with Gasteiger partial charge in [0.05, 0.1) is 5.41 Å². The maximum Gasteiger partial charge on any atom is 0.303 e. The molecule has 1 aliphatic carbocycles. The molecule has 0 atom stereocenters. The third-order valence-corrected chi connectivity index (χ3v) is 6.14.